The Morgan fingerprint density at radius 3 is 1.53 bits per heavy atom. The molecule has 1 aliphatic heterocycles. The molecule has 0 spiro atoms. The van der Waals surface area contributed by atoms with Crippen LogP contribution in [0.5, 0.6) is 0 Å². The summed E-state index contributed by atoms with van der Waals surface area (Å²) in [7, 11) is 0. The molecule has 1 aliphatic rings. The number of ether oxygens (including phenoxy) is 3. The second-order valence-corrected chi connectivity index (χ2v) is 8.86. The first-order chi connectivity index (χ1) is 16.5. The first-order valence-corrected chi connectivity index (χ1v) is 11.5. The van der Waals surface area contributed by atoms with E-state index in [0.29, 0.717) is 16.7 Å². The zero-order valence-electron chi connectivity index (χ0n) is 18.0. The van der Waals surface area contributed by atoms with Crippen molar-refractivity contribution >= 4 is 29.7 Å². The lowest BCUT2D eigenvalue weighted by molar-refractivity contribution is -0.0557. The smallest absolute Gasteiger partial charge is 0.338 e. The van der Waals surface area contributed by atoms with Gasteiger partial charge in [0.1, 0.15) is 12.0 Å². The van der Waals surface area contributed by atoms with Crippen molar-refractivity contribution in [3.8, 4) is 0 Å². The molecule has 174 valence electrons. The molecule has 4 rings (SSSR count). The minimum absolute atomic E-state index is 0.151. The summed E-state index contributed by atoms with van der Waals surface area (Å²) >= 11 is 1.02. The van der Waals surface area contributed by atoms with Crippen molar-refractivity contribution in [3.05, 3.63) is 108 Å². The predicted molar refractivity (Wildman–Crippen MR) is 125 cm³/mol. The van der Waals surface area contributed by atoms with Gasteiger partial charge in [0, 0.05) is 0 Å². The maximum absolute atomic E-state index is 12.8. The number of benzene rings is 3. The summed E-state index contributed by atoms with van der Waals surface area (Å²) in [4.78, 5) is 37.8. The van der Waals surface area contributed by atoms with Crippen LogP contribution in [0.4, 0.5) is 0 Å². The third-order valence-corrected chi connectivity index (χ3v) is 6.48. The van der Waals surface area contributed by atoms with Crippen molar-refractivity contribution in [2.45, 2.75) is 22.9 Å². The van der Waals surface area contributed by atoms with Gasteiger partial charge in [-0.1, -0.05) is 54.6 Å². The molecular weight excluding hydrogens is 456 g/mol. The van der Waals surface area contributed by atoms with Gasteiger partial charge in [-0.15, -0.1) is 11.8 Å². The number of aliphatic hydroxyl groups is 1. The van der Waals surface area contributed by atoms with Gasteiger partial charge >= 0.3 is 17.9 Å². The molecule has 1 saturated heterocycles. The Bertz CT molecular complexity index is 1120. The van der Waals surface area contributed by atoms with Gasteiger partial charge in [0.05, 0.1) is 21.9 Å². The fourth-order valence-corrected chi connectivity index (χ4v) is 4.69. The second kappa shape index (κ2) is 11.0. The number of hydrogen-bond donors (Lipinski definition) is 1. The Kier molecular flexibility index (Phi) is 7.61. The molecule has 7 nitrogen and oxygen atoms in total. The average molecular weight is 479 g/mol. The molecule has 0 bridgehead atoms. The van der Waals surface area contributed by atoms with Gasteiger partial charge in [0.25, 0.3) is 0 Å². The molecule has 4 atom stereocenters. The molecule has 1 heterocycles. The van der Waals surface area contributed by atoms with E-state index in [1.54, 1.807) is 91.0 Å². The molecule has 3 aromatic carbocycles. The summed E-state index contributed by atoms with van der Waals surface area (Å²) < 4.78 is 16.6. The van der Waals surface area contributed by atoms with Crippen molar-refractivity contribution in [3.63, 3.8) is 0 Å². The van der Waals surface area contributed by atoms with Crippen LogP contribution in [0.25, 0.3) is 0 Å². The summed E-state index contributed by atoms with van der Waals surface area (Å²) in [6.07, 6.45) is -2.19. The van der Waals surface area contributed by atoms with Crippen molar-refractivity contribution in [1.29, 1.82) is 0 Å². The Morgan fingerprint density at radius 2 is 1.06 bits per heavy atom. The standard InChI is InChI=1S/C26H22O7S/c27-23(17-10-4-1-5-11-17)31-16-20-21(32-24(28)18-12-6-2-7-13-18)22(26(30)34-20)33-25(29)19-14-8-3-9-15-19/h1-15,20-22,26,30H,16H2. The highest BCUT2D eigenvalue weighted by Gasteiger charge is 2.49. The normalized spacial score (nSPS) is 21.4. The number of carbonyl (C=O) groups excluding carboxylic acids is 3. The fraction of sp³-hybridized carbons (Fsp3) is 0.192. The first kappa shape index (κ1) is 23.5. The molecule has 0 aromatic heterocycles. The van der Waals surface area contributed by atoms with Crippen molar-refractivity contribution < 1.29 is 33.7 Å². The van der Waals surface area contributed by atoms with E-state index < -0.39 is 40.8 Å². The quantitative estimate of drug-likeness (QED) is 0.405. The molecule has 0 radical (unpaired) electrons. The van der Waals surface area contributed by atoms with Crippen LogP contribution in [0.3, 0.4) is 0 Å². The molecule has 3 aromatic rings. The second-order valence-electron chi connectivity index (χ2n) is 7.50. The number of thioether (sulfide) groups is 1. The molecule has 1 fully saturated rings. The minimum atomic E-state index is -1.18. The number of hydrogen-bond acceptors (Lipinski definition) is 8. The predicted octanol–water partition coefficient (Wildman–Crippen LogP) is 3.73. The lowest BCUT2D eigenvalue weighted by atomic mass is 10.1. The summed E-state index contributed by atoms with van der Waals surface area (Å²) in [6.45, 7) is -0.151. The summed E-state index contributed by atoms with van der Waals surface area (Å²) in [5.41, 5.74) is -0.202. The fourth-order valence-electron chi connectivity index (χ4n) is 3.46. The molecule has 4 unspecified atom stereocenters. The van der Waals surface area contributed by atoms with E-state index in [-0.39, 0.29) is 6.61 Å². The van der Waals surface area contributed by atoms with Gasteiger partial charge in [-0.25, -0.2) is 14.4 Å². The number of rotatable bonds is 7. The highest BCUT2D eigenvalue weighted by Crippen LogP contribution is 2.38. The Balaban J connectivity index is 1.51. The van der Waals surface area contributed by atoms with E-state index in [2.05, 4.69) is 0 Å². The average Bonchev–Trinajstić information content (AvgIpc) is 3.17. The maximum atomic E-state index is 12.8. The van der Waals surface area contributed by atoms with Crippen LogP contribution in [0, 0.1) is 0 Å². The summed E-state index contributed by atoms with van der Waals surface area (Å²) in [6, 6.07) is 25.1. The van der Waals surface area contributed by atoms with Crippen LogP contribution in [0.15, 0.2) is 91.0 Å². The molecule has 8 heteroatoms. The third kappa shape index (κ3) is 5.65. The van der Waals surface area contributed by atoms with Crippen LogP contribution in [-0.4, -0.2) is 52.5 Å². The Morgan fingerprint density at radius 1 is 0.647 bits per heavy atom. The van der Waals surface area contributed by atoms with Gasteiger partial charge in [-0.2, -0.15) is 0 Å². The first-order valence-electron chi connectivity index (χ1n) is 10.6. The highest BCUT2D eigenvalue weighted by molar-refractivity contribution is 8.00. The van der Waals surface area contributed by atoms with Gasteiger partial charge in [-0.3, -0.25) is 0 Å². The Hall–Kier alpha value is -3.62. The van der Waals surface area contributed by atoms with E-state index in [1.165, 1.54) is 0 Å². The molecular formula is C26H22O7S. The summed E-state index contributed by atoms with van der Waals surface area (Å²) in [5.74, 6) is -1.85. The summed E-state index contributed by atoms with van der Waals surface area (Å²) in [5, 5.41) is 10.00. The third-order valence-electron chi connectivity index (χ3n) is 5.18. The van der Waals surface area contributed by atoms with E-state index in [1.807, 2.05) is 0 Å². The van der Waals surface area contributed by atoms with E-state index in [0.717, 1.165) is 11.8 Å². The lowest BCUT2D eigenvalue weighted by Crippen LogP contribution is -2.41. The Labute approximate surface area is 200 Å². The van der Waals surface area contributed by atoms with Gasteiger partial charge in [0.15, 0.2) is 12.2 Å². The zero-order chi connectivity index (χ0) is 23.9. The van der Waals surface area contributed by atoms with Gasteiger partial charge in [-0.05, 0) is 36.4 Å². The van der Waals surface area contributed by atoms with Crippen LogP contribution in [-0.2, 0) is 14.2 Å². The van der Waals surface area contributed by atoms with E-state index in [9.17, 15) is 19.5 Å². The molecule has 0 aliphatic carbocycles. The van der Waals surface area contributed by atoms with Crippen molar-refractivity contribution in [1.82, 2.24) is 0 Å². The zero-order valence-corrected chi connectivity index (χ0v) is 18.8. The van der Waals surface area contributed by atoms with Gasteiger partial charge in [0.2, 0.25) is 0 Å². The van der Waals surface area contributed by atoms with Crippen molar-refractivity contribution in [2.24, 2.45) is 0 Å². The number of carbonyl (C=O) groups is 3. The number of aliphatic hydroxyl groups excluding tert-OH is 1. The van der Waals surface area contributed by atoms with Crippen LogP contribution in [0.1, 0.15) is 31.1 Å². The van der Waals surface area contributed by atoms with Crippen LogP contribution < -0.4 is 0 Å². The molecule has 0 amide bonds. The SMILES string of the molecule is O=C(OCC1SC(O)C(OC(=O)c2ccccc2)C1OC(=O)c1ccccc1)c1ccccc1. The molecule has 0 saturated carbocycles. The molecule has 1 N–H and O–H groups in total. The van der Waals surface area contributed by atoms with Crippen LogP contribution in [0.2, 0.25) is 0 Å². The minimum Gasteiger partial charge on any atom is -0.461 e. The monoisotopic (exact) mass is 478 g/mol. The lowest BCUT2D eigenvalue weighted by Gasteiger charge is -2.24. The molecule has 34 heavy (non-hydrogen) atoms. The van der Waals surface area contributed by atoms with Crippen LogP contribution >= 0.6 is 11.8 Å². The van der Waals surface area contributed by atoms with E-state index in [4.69, 9.17) is 14.2 Å². The van der Waals surface area contributed by atoms with Crippen molar-refractivity contribution in [2.75, 3.05) is 6.61 Å². The van der Waals surface area contributed by atoms with E-state index >= 15 is 0 Å². The number of esters is 3. The van der Waals surface area contributed by atoms with Gasteiger partial charge < -0.3 is 19.3 Å². The largest absolute Gasteiger partial charge is 0.461 e. The topological polar surface area (TPSA) is 99.1 Å². The maximum Gasteiger partial charge on any atom is 0.338 e. The highest BCUT2D eigenvalue weighted by atomic mass is 32.2.